The van der Waals surface area contributed by atoms with Crippen LogP contribution in [0.3, 0.4) is 0 Å². The van der Waals surface area contributed by atoms with Crippen molar-refractivity contribution >= 4 is 27.2 Å². The van der Waals surface area contributed by atoms with Gasteiger partial charge in [0.2, 0.25) is 10.0 Å². The molecule has 0 fully saturated rings. The summed E-state index contributed by atoms with van der Waals surface area (Å²) in [4.78, 5) is 0.494. The summed E-state index contributed by atoms with van der Waals surface area (Å²) in [5.41, 5.74) is 6.88. The fourth-order valence-electron chi connectivity index (χ4n) is 1.56. The van der Waals surface area contributed by atoms with Crippen LogP contribution in [-0.2, 0) is 10.0 Å². The Morgan fingerprint density at radius 2 is 1.90 bits per heavy atom. The van der Waals surface area contributed by atoms with E-state index in [1.165, 1.54) is 6.07 Å². The number of benzene rings is 1. The Kier molecular flexibility index (Phi) is 4.94. The SMILES string of the molecule is Cc1cc(S(=O)(=O)NC(C)C(C)(C)C)ccc1C(N)=S. The van der Waals surface area contributed by atoms with Crippen molar-refractivity contribution in [2.45, 2.75) is 45.6 Å². The van der Waals surface area contributed by atoms with Crippen LogP contribution in [0, 0.1) is 12.3 Å². The first-order valence-corrected chi connectivity index (χ1v) is 8.27. The molecule has 1 atom stereocenters. The van der Waals surface area contributed by atoms with Gasteiger partial charge in [-0.2, -0.15) is 0 Å². The Morgan fingerprint density at radius 3 is 2.30 bits per heavy atom. The van der Waals surface area contributed by atoms with Crippen LogP contribution in [0.2, 0.25) is 0 Å². The lowest BCUT2D eigenvalue weighted by Gasteiger charge is -2.27. The summed E-state index contributed by atoms with van der Waals surface area (Å²) in [6.07, 6.45) is 0. The van der Waals surface area contributed by atoms with Gasteiger partial charge in [-0.25, -0.2) is 13.1 Å². The average molecular weight is 314 g/mol. The number of aryl methyl sites for hydroxylation is 1. The zero-order valence-corrected chi connectivity index (χ0v) is 14.2. The highest BCUT2D eigenvalue weighted by Gasteiger charge is 2.26. The smallest absolute Gasteiger partial charge is 0.240 e. The van der Waals surface area contributed by atoms with Crippen molar-refractivity contribution in [3.63, 3.8) is 0 Å². The maximum absolute atomic E-state index is 12.3. The number of hydrogen-bond acceptors (Lipinski definition) is 3. The molecule has 0 aliphatic carbocycles. The highest BCUT2D eigenvalue weighted by atomic mass is 32.2. The van der Waals surface area contributed by atoms with Gasteiger partial charge in [0, 0.05) is 11.6 Å². The maximum Gasteiger partial charge on any atom is 0.240 e. The Morgan fingerprint density at radius 1 is 1.35 bits per heavy atom. The molecule has 0 saturated carbocycles. The van der Waals surface area contributed by atoms with Crippen LogP contribution in [0.1, 0.15) is 38.8 Å². The minimum Gasteiger partial charge on any atom is -0.389 e. The Labute approximate surface area is 126 Å². The summed E-state index contributed by atoms with van der Waals surface area (Å²) >= 11 is 4.92. The van der Waals surface area contributed by atoms with Crippen molar-refractivity contribution < 1.29 is 8.42 Å². The van der Waals surface area contributed by atoms with Crippen LogP contribution in [-0.4, -0.2) is 19.4 Å². The quantitative estimate of drug-likeness (QED) is 0.837. The van der Waals surface area contributed by atoms with Gasteiger partial charge in [-0.15, -0.1) is 0 Å². The van der Waals surface area contributed by atoms with Gasteiger partial charge in [0.15, 0.2) is 0 Å². The van der Waals surface area contributed by atoms with Gasteiger partial charge >= 0.3 is 0 Å². The van der Waals surface area contributed by atoms with Gasteiger partial charge < -0.3 is 5.73 Å². The van der Waals surface area contributed by atoms with Crippen LogP contribution < -0.4 is 10.5 Å². The molecule has 0 aliphatic rings. The third-order valence-corrected chi connectivity index (χ3v) is 5.16. The van der Waals surface area contributed by atoms with E-state index in [0.29, 0.717) is 5.56 Å². The van der Waals surface area contributed by atoms with Gasteiger partial charge in [0.05, 0.1) is 4.90 Å². The second-order valence-electron chi connectivity index (χ2n) is 6.05. The van der Waals surface area contributed by atoms with Gasteiger partial charge in [-0.1, -0.05) is 39.1 Å². The Hall–Kier alpha value is -0.980. The van der Waals surface area contributed by atoms with Crippen molar-refractivity contribution in [1.29, 1.82) is 0 Å². The first kappa shape index (κ1) is 17.1. The average Bonchev–Trinajstić information content (AvgIpc) is 2.26. The minimum absolute atomic E-state index is 0.152. The van der Waals surface area contributed by atoms with Crippen LogP contribution in [0.15, 0.2) is 23.1 Å². The van der Waals surface area contributed by atoms with E-state index >= 15 is 0 Å². The van der Waals surface area contributed by atoms with Crippen LogP contribution in [0.25, 0.3) is 0 Å². The lowest BCUT2D eigenvalue weighted by Crippen LogP contribution is -2.41. The predicted octanol–water partition coefficient (Wildman–Crippen LogP) is 2.34. The van der Waals surface area contributed by atoms with Crippen LogP contribution >= 0.6 is 12.2 Å². The summed E-state index contributed by atoms with van der Waals surface area (Å²) < 4.78 is 27.4. The molecule has 0 saturated heterocycles. The van der Waals surface area contributed by atoms with Crippen LogP contribution in [0.5, 0.6) is 0 Å². The summed E-state index contributed by atoms with van der Waals surface area (Å²) in [7, 11) is -3.54. The summed E-state index contributed by atoms with van der Waals surface area (Å²) in [5.74, 6) is 0. The number of rotatable bonds is 4. The van der Waals surface area contributed by atoms with Crippen molar-refractivity contribution in [2.24, 2.45) is 11.1 Å². The highest BCUT2D eigenvalue weighted by Crippen LogP contribution is 2.22. The molecule has 1 rings (SSSR count). The van der Waals surface area contributed by atoms with Crippen molar-refractivity contribution in [2.75, 3.05) is 0 Å². The molecule has 0 aromatic heterocycles. The first-order chi connectivity index (χ1) is 8.95. The second-order valence-corrected chi connectivity index (χ2v) is 8.20. The van der Waals surface area contributed by atoms with Gasteiger partial charge in [-0.05, 0) is 37.0 Å². The van der Waals surface area contributed by atoms with Crippen molar-refractivity contribution in [3.05, 3.63) is 29.3 Å². The summed E-state index contributed by atoms with van der Waals surface area (Å²) in [5, 5.41) is 0. The lowest BCUT2D eigenvalue weighted by molar-refractivity contribution is 0.317. The third-order valence-electron chi connectivity index (χ3n) is 3.40. The molecule has 0 aliphatic heterocycles. The molecule has 1 aromatic carbocycles. The van der Waals surface area contributed by atoms with E-state index in [-0.39, 0.29) is 21.3 Å². The van der Waals surface area contributed by atoms with E-state index in [9.17, 15) is 8.42 Å². The fraction of sp³-hybridized carbons (Fsp3) is 0.500. The minimum atomic E-state index is -3.54. The number of nitrogens with two attached hydrogens (primary N) is 1. The van der Waals surface area contributed by atoms with Crippen LogP contribution in [0.4, 0.5) is 0 Å². The molecule has 0 heterocycles. The van der Waals surface area contributed by atoms with E-state index in [2.05, 4.69) is 4.72 Å². The molecule has 0 bridgehead atoms. The summed E-state index contributed by atoms with van der Waals surface area (Å²) in [6, 6.07) is 4.59. The molecule has 4 nitrogen and oxygen atoms in total. The molecule has 0 amide bonds. The third kappa shape index (κ3) is 4.01. The van der Waals surface area contributed by atoms with E-state index in [0.717, 1.165) is 5.56 Å². The fourth-order valence-corrected chi connectivity index (χ4v) is 3.32. The van der Waals surface area contributed by atoms with E-state index < -0.39 is 10.0 Å². The zero-order chi connectivity index (χ0) is 15.7. The second kappa shape index (κ2) is 5.79. The molecule has 1 aromatic rings. The monoisotopic (exact) mass is 314 g/mol. The molecule has 0 radical (unpaired) electrons. The molecule has 0 spiro atoms. The normalized spacial score (nSPS) is 14.1. The standard InChI is InChI=1S/C14H22N2O2S2/c1-9-8-11(6-7-12(9)13(15)19)20(17,18)16-10(2)14(3,4)5/h6-8,10,16H,1-5H3,(H2,15,19). The largest absolute Gasteiger partial charge is 0.389 e. The molecule has 6 heteroatoms. The van der Waals surface area contributed by atoms with E-state index in [4.69, 9.17) is 18.0 Å². The molecule has 3 N–H and O–H groups in total. The molecular weight excluding hydrogens is 292 g/mol. The molecular formula is C14H22N2O2S2. The molecule has 112 valence electrons. The number of nitrogens with one attached hydrogen (secondary N) is 1. The Balaban J connectivity index is 3.11. The highest BCUT2D eigenvalue weighted by molar-refractivity contribution is 7.89. The topological polar surface area (TPSA) is 72.2 Å². The Bertz CT molecular complexity index is 617. The number of thiocarbonyl (C=S) groups is 1. The number of sulfonamides is 1. The zero-order valence-electron chi connectivity index (χ0n) is 12.5. The predicted molar refractivity (Wildman–Crippen MR) is 86.3 cm³/mol. The summed E-state index contributed by atoms with van der Waals surface area (Å²) in [6.45, 7) is 9.61. The van der Waals surface area contributed by atoms with Gasteiger partial charge in [0.25, 0.3) is 0 Å². The molecule has 1 unspecified atom stereocenters. The van der Waals surface area contributed by atoms with Gasteiger partial charge in [0.1, 0.15) is 4.99 Å². The first-order valence-electron chi connectivity index (χ1n) is 6.38. The number of hydrogen-bond donors (Lipinski definition) is 2. The molecule has 20 heavy (non-hydrogen) atoms. The van der Waals surface area contributed by atoms with Crippen molar-refractivity contribution in [3.8, 4) is 0 Å². The maximum atomic E-state index is 12.3. The van der Waals surface area contributed by atoms with E-state index in [1.807, 2.05) is 27.7 Å². The van der Waals surface area contributed by atoms with Crippen molar-refractivity contribution in [1.82, 2.24) is 4.72 Å². The van der Waals surface area contributed by atoms with Gasteiger partial charge in [-0.3, -0.25) is 0 Å². The lowest BCUT2D eigenvalue weighted by atomic mass is 9.89. The van der Waals surface area contributed by atoms with E-state index in [1.54, 1.807) is 19.1 Å².